The van der Waals surface area contributed by atoms with Crippen LogP contribution in [0.25, 0.3) is 0 Å². The Hall–Kier alpha value is -1.79. The minimum absolute atomic E-state index is 0.131. The number of benzene rings is 1. The van der Waals surface area contributed by atoms with Crippen molar-refractivity contribution >= 4 is 11.6 Å². The van der Waals surface area contributed by atoms with Gasteiger partial charge in [0.15, 0.2) is 0 Å². The summed E-state index contributed by atoms with van der Waals surface area (Å²) >= 11 is 0. The van der Waals surface area contributed by atoms with Gasteiger partial charge in [-0.2, -0.15) is 8.78 Å². The first-order valence-corrected chi connectivity index (χ1v) is 5.65. The third-order valence-electron chi connectivity index (χ3n) is 2.33. The van der Waals surface area contributed by atoms with Crippen LogP contribution < -0.4 is 10.6 Å². The van der Waals surface area contributed by atoms with Crippen LogP contribution >= 0.6 is 0 Å². The molecule has 0 bridgehead atoms. The average molecular weight is 278 g/mol. The predicted molar refractivity (Wildman–Crippen MR) is 63.9 cm³/mol. The SMILES string of the molecule is CCNc1ccc(C(=O)NCC(F)(F)C(F)F)cc1. The molecule has 7 heteroatoms. The largest absolute Gasteiger partial charge is 0.385 e. The second kappa shape index (κ2) is 6.40. The van der Waals surface area contributed by atoms with E-state index in [-0.39, 0.29) is 5.56 Å². The van der Waals surface area contributed by atoms with Crippen molar-refractivity contribution in [3.8, 4) is 0 Å². The van der Waals surface area contributed by atoms with Crippen LogP contribution in [-0.4, -0.2) is 31.3 Å². The molecule has 0 fully saturated rings. The quantitative estimate of drug-likeness (QED) is 0.786. The van der Waals surface area contributed by atoms with Gasteiger partial charge in [-0.15, -0.1) is 0 Å². The van der Waals surface area contributed by atoms with Crippen molar-refractivity contribution in [2.45, 2.75) is 19.3 Å². The Morgan fingerprint density at radius 3 is 2.32 bits per heavy atom. The zero-order chi connectivity index (χ0) is 14.5. The van der Waals surface area contributed by atoms with E-state index in [4.69, 9.17) is 0 Å². The summed E-state index contributed by atoms with van der Waals surface area (Å²) in [7, 11) is 0. The highest BCUT2D eigenvalue weighted by atomic mass is 19.3. The maximum Gasteiger partial charge on any atom is 0.324 e. The molecule has 0 unspecified atom stereocenters. The van der Waals surface area contributed by atoms with Gasteiger partial charge in [0.25, 0.3) is 5.91 Å². The minimum Gasteiger partial charge on any atom is -0.385 e. The van der Waals surface area contributed by atoms with Gasteiger partial charge in [0.2, 0.25) is 0 Å². The van der Waals surface area contributed by atoms with Crippen LogP contribution in [0.5, 0.6) is 0 Å². The lowest BCUT2D eigenvalue weighted by molar-refractivity contribution is -0.123. The lowest BCUT2D eigenvalue weighted by Gasteiger charge is -2.15. The van der Waals surface area contributed by atoms with E-state index in [0.717, 1.165) is 5.69 Å². The number of alkyl halides is 4. The number of hydrogen-bond donors (Lipinski definition) is 2. The van der Waals surface area contributed by atoms with E-state index in [2.05, 4.69) is 5.32 Å². The number of carbonyl (C=O) groups excluding carboxylic acids is 1. The fourth-order valence-electron chi connectivity index (χ4n) is 1.32. The highest BCUT2D eigenvalue weighted by molar-refractivity contribution is 5.94. The highest BCUT2D eigenvalue weighted by Gasteiger charge is 2.40. The molecule has 0 heterocycles. The number of carbonyl (C=O) groups is 1. The average Bonchev–Trinajstić information content (AvgIpc) is 2.37. The molecule has 0 spiro atoms. The van der Waals surface area contributed by atoms with Gasteiger partial charge in [0.05, 0.1) is 6.54 Å². The fraction of sp³-hybridized carbons (Fsp3) is 0.417. The summed E-state index contributed by atoms with van der Waals surface area (Å²) in [5, 5.41) is 4.78. The molecule has 0 saturated heterocycles. The summed E-state index contributed by atoms with van der Waals surface area (Å²) in [6, 6.07) is 6.05. The van der Waals surface area contributed by atoms with Crippen molar-refractivity contribution in [3.63, 3.8) is 0 Å². The van der Waals surface area contributed by atoms with Crippen LogP contribution in [0, 0.1) is 0 Å². The van der Waals surface area contributed by atoms with E-state index >= 15 is 0 Å². The van der Waals surface area contributed by atoms with E-state index < -0.39 is 24.8 Å². The van der Waals surface area contributed by atoms with E-state index in [9.17, 15) is 22.4 Å². The smallest absolute Gasteiger partial charge is 0.324 e. The normalized spacial score (nSPS) is 11.5. The maximum absolute atomic E-state index is 12.6. The van der Waals surface area contributed by atoms with Gasteiger partial charge in [0, 0.05) is 17.8 Å². The molecule has 19 heavy (non-hydrogen) atoms. The Morgan fingerprint density at radius 2 is 1.84 bits per heavy atom. The topological polar surface area (TPSA) is 41.1 Å². The third-order valence-corrected chi connectivity index (χ3v) is 2.33. The van der Waals surface area contributed by atoms with Crippen LogP contribution in [0.2, 0.25) is 0 Å². The van der Waals surface area contributed by atoms with E-state index in [1.54, 1.807) is 17.4 Å². The van der Waals surface area contributed by atoms with E-state index in [1.807, 2.05) is 6.92 Å². The third kappa shape index (κ3) is 4.42. The molecular formula is C12H14F4N2O. The van der Waals surface area contributed by atoms with Crippen molar-refractivity contribution < 1.29 is 22.4 Å². The summed E-state index contributed by atoms with van der Waals surface area (Å²) < 4.78 is 49.0. The highest BCUT2D eigenvalue weighted by Crippen LogP contribution is 2.21. The van der Waals surface area contributed by atoms with Crippen LogP contribution in [0.4, 0.5) is 23.2 Å². The van der Waals surface area contributed by atoms with Gasteiger partial charge in [-0.3, -0.25) is 4.79 Å². The van der Waals surface area contributed by atoms with Crippen LogP contribution in [0.15, 0.2) is 24.3 Å². The molecule has 3 nitrogen and oxygen atoms in total. The summed E-state index contributed by atoms with van der Waals surface area (Å²) in [6.45, 7) is 1.21. The Bertz CT molecular complexity index is 420. The zero-order valence-corrected chi connectivity index (χ0v) is 10.2. The number of hydrogen-bond acceptors (Lipinski definition) is 2. The van der Waals surface area contributed by atoms with Gasteiger partial charge >= 0.3 is 12.3 Å². The predicted octanol–water partition coefficient (Wildman–Crippen LogP) is 2.75. The Balaban J connectivity index is 2.59. The Kier molecular flexibility index (Phi) is 5.14. The molecule has 106 valence electrons. The van der Waals surface area contributed by atoms with Crippen molar-refractivity contribution in [3.05, 3.63) is 29.8 Å². The summed E-state index contributed by atoms with van der Waals surface area (Å²) in [6.07, 6.45) is -3.80. The molecule has 1 rings (SSSR count). The number of amides is 1. The molecule has 0 aliphatic heterocycles. The van der Waals surface area contributed by atoms with Crippen LogP contribution in [0.1, 0.15) is 17.3 Å². The molecule has 1 amide bonds. The molecule has 0 saturated carbocycles. The van der Waals surface area contributed by atoms with Gasteiger partial charge < -0.3 is 10.6 Å². The lowest BCUT2D eigenvalue weighted by Crippen LogP contribution is -2.41. The van der Waals surface area contributed by atoms with E-state index in [1.165, 1.54) is 12.1 Å². The second-order valence-electron chi connectivity index (χ2n) is 3.85. The molecule has 0 aromatic heterocycles. The number of halogens is 4. The minimum atomic E-state index is -4.22. The first-order chi connectivity index (χ1) is 8.86. The summed E-state index contributed by atoms with van der Waals surface area (Å²) in [4.78, 5) is 11.5. The molecule has 1 aromatic carbocycles. The standard InChI is InChI=1S/C12H14F4N2O/c1-2-17-9-5-3-8(4-6-9)10(19)18-7-12(15,16)11(13)14/h3-6,11,17H,2,7H2,1H3,(H,18,19). The van der Waals surface area contributed by atoms with Gasteiger partial charge in [-0.25, -0.2) is 8.78 Å². The number of rotatable bonds is 6. The van der Waals surface area contributed by atoms with Crippen molar-refractivity contribution in [1.82, 2.24) is 5.32 Å². The molecule has 1 aromatic rings. The molecule has 0 aliphatic rings. The molecule has 0 radical (unpaired) electrons. The fourth-order valence-corrected chi connectivity index (χ4v) is 1.32. The van der Waals surface area contributed by atoms with Crippen molar-refractivity contribution in [1.29, 1.82) is 0 Å². The van der Waals surface area contributed by atoms with Crippen LogP contribution in [0.3, 0.4) is 0 Å². The summed E-state index contributed by atoms with van der Waals surface area (Å²) in [5.41, 5.74) is 0.906. The molecule has 0 atom stereocenters. The number of nitrogens with one attached hydrogen (secondary N) is 2. The zero-order valence-electron chi connectivity index (χ0n) is 10.2. The molecule has 2 N–H and O–H groups in total. The lowest BCUT2D eigenvalue weighted by atomic mass is 10.2. The van der Waals surface area contributed by atoms with Crippen molar-refractivity contribution in [2.24, 2.45) is 0 Å². The Morgan fingerprint density at radius 1 is 1.26 bits per heavy atom. The summed E-state index contributed by atoms with van der Waals surface area (Å²) in [5.74, 6) is -5.04. The molecular weight excluding hydrogens is 264 g/mol. The monoisotopic (exact) mass is 278 g/mol. The Labute approximate surface area is 108 Å². The van der Waals surface area contributed by atoms with Gasteiger partial charge in [-0.1, -0.05) is 0 Å². The first-order valence-electron chi connectivity index (χ1n) is 5.65. The maximum atomic E-state index is 12.6. The number of anilines is 1. The van der Waals surface area contributed by atoms with Crippen molar-refractivity contribution in [2.75, 3.05) is 18.4 Å². The molecule has 0 aliphatic carbocycles. The van der Waals surface area contributed by atoms with Gasteiger partial charge in [-0.05, 0) is 31.2 Å². The van der Waals surface area contributed by atoms with Crippen LogP contribution in [-0.2, 0) is 0 Å². The van der Waals surface area contributed by atoms with E-state index in [0.29, 0.717) is 6.54 Å². The second-order valence-corrected chi connectivity index (χ2v) is 3.85. The van der Waals surface area contributed by atoms with Gasteiger partial charge in [0.1, 0.15) is 0 Å². The first kappa shape index (κ1) is 15.3.